The molecule has 1 rings (SSSR count). The lowest BCUT2D eigenvalue weighted by molar-refractivity contribution is 0.298. The first-order chi connectivity index (χ1) is 6.22. The summed E-state index contributed by atoms with van der Waals surface area (Å²) in [7, 11) is 0. The molecule has 0 aromatic heterocycles. The van der Waals surface area contributed by atoms with Crippen LogP contribution >= 0.6 is 0 Å². The van der Waals surface area contributed by atoms with Crippen LogP contribution in [-0.2, 0) is 6.42 Å². The highest BCUT2D eigenvalue weighted by Gasteiger charge is 1.96. The van der Waals surface area contributed by atoms with E-state index < -0.39 is 0 Å². The molecule has 0 aliphatic heterocycles. The van der Waals surface area contributed by atoms with Gasteiger partial charge in [-0.25, -0.2) is 0 Å². The number of aliphatic hydroxyl groups excluding tert-OH is 1. The van der Waals surface area contributed by atoms with Crippen molar-refractivity contribution in [1.29, 1.82) is 0 Å². The Morgan fingerprint density at radius 2 is 1.85 bits per heavy atom. The van der Waals surface area contributed by atoms with Crippen molar-refractivity contribution in [3.05, 3.63) is 42.0 Å². The normalized spacial score (nSPS) is 9.92. The Kier molecular flexibility index (Phi) is 3.53. The second-order valence-electron chi connectivity index (χ2n) is 3.07. The Morgan fingerprint density at radius 3 is 2.38 bits per heavy atom. The highest BCUT2D eigenvalue weighted by atomic mass is 16.3. The molecule has 0 fully saturated rings. The van der Waals surface area contributed by atoms with Crippen LogP contribution < -0.4 is 0 Å². The predicted octanol–water partition coefficient (Wildman–Crippen LogP) is 1.87. The van der Waals surface area contributed by atoms with E-state index in [1.165, 1.54) is 0 Å². The van der Waals surface area contributed by atoms with E-state index in [9.17, 15) is 0 Å². The number of phenolic OH excluding ortho intramolecular Hbond substituents is 1. The summed E-state index contributed by atoms with van der Waals surface area (Å²) >= 11 is 0. The lowest BCUT2D eigenvalue weighted by Gasteiger charge is -2.03. The zero-order valence-electron chi connectivity index (χ0n) is 7.53. The predicted molar refractivity (Wildman–Crippen MR) is 52.7 cm³/mol. The third-order valence-corrected chi connectivity index (χ3v) is 1.86. The summed E-state index contributed by atoms with van der Waals surface area (Å²) in [6.07, 6.45) is 1.40. The van der Waals surface area contributed by atoms with E-state index in [2.05, 4.69) is 6.58 Å². The van der Waals surface area contributed by atoms with Gasteiger partial charge in [-0.3, -0.25) is 0 Å². The summed E-state index contributed by atoms with van der Waals surface area (Å²) in [5.41, 5.74) is 2.12. The van der Waals surface area contributed by atoms with Crippen LogP contribution in [0.2, 0.25) is 0 Å². The van der Waals surface area contributed by atoms with E-state index in [4.69, 9.17) is 10.2 Å². The molecule has 2 nitrogen and oxygen atoms in total. The SMILES string of the molecule is C=C(CCO)Cc1ccc(O)cc1. The van der Waals surface area contributed by atoms with Crippen molar-refractivity contribution in [2.45, 2.75) is 12.8 Å². The summed E-state index contributed by atoms with van der Waals surface area (Å²) in [4.78, 5) is 0. The molecule has 0 saturated carbocycles. The lowest BCUT2D eigenvalue weighted by atomic mass is 10.0. The van der Waals surface area contributed by atoms with Crippen LogP contribution in [0, 0.1) is 0 Å². The number of hydrogen-bond acceptors (Lipinski definition) is 2. The van der Waals surface area contributed by atoms with Crippen LogP contribution in [0.3, 0.4) is 0 Å². The Hall–Kier alpha value is -1.28. The quantitative estimate of drug-likeness (QED) is 0.691. The topological polar surface area (TPSA) is 40.5 Å². The molecule has 0 saturated heterocycles. The Bertz CT molecular complexity index is 275. The van der Waals surface area contributed by atoms with Crippen molar-refractivity contribution in [3.8, 4) is 5.75 Å². The van der Waals surface area contributed by atoms with Crippen LogP contribution in [0.5, 0.6) is 5.75 Å². The molecule has 0 aliphatic carbocycles. The minimum Gasteiger partial charge on any atom is -0.508 e. The highest BCUT2D eigenvalue weighted by Crippen LogP contribution is 2.13. The maximum Gasteiger partial charge on any atom is 0.115 e. The number of aromatic hydroxyl groups is 1. The number of aliphatic hydroxyl groups is 1. The van der Waals surface area contributed by atoms with Crippen LogP contribution in [0.1, 0.15) is 12.0 Å². The lowest BCUT2D eigenvalue weighted by Crippen LogP contribution is -1.92. The largest absolute Gasteiger partial charge is 0.508 e. The van der Waals surface area contributed by atoms with E-state index in [0.29, 0.717) is 6.42 Å². The summed E-state index contributed by atoms with van der Waals surface area (Å²) in [5.74, 6) is 0.275. The summed E-state index contributed by atoms with van der Waals surface area (Å²) in [5, 5.41) is 17.7. The van der Waals surface area contributed by atoms with E-state index >= 15 is 0 Å². The zero-order valence-corrected chi connectivity index (χ0v) is 7.53. The monoisotopic (exact) mass is 178 g/mol. The van der Waals surface area contributed by atoms with Gasteiger partial charge in [0.05, 0.1) is 0 Å². The smallest absolute Gasteiger partial charge is 0.115 e. The molecule has 1 aromatic rings. The van der Waals surface area contributed by atoms with E-state index in [1.54, 1.807) is 12.1 Å². The molecule has 0 aliphatic rings. The first kappa shape index (κ1) is 9.81. The molecular formula is C11H14O2. The molecule has 0 spiro atoms. The van der Waals surface area contributed by atoms with Crippen molar-refractivity contribution in [1.82, 2.24) is 0 Å². The number of benzene rings is 1. The maximum absolute atomic E-state index is 9.03. The Balaban J connectivity index is 2.54. The molecular weight excluding hydrogens is 164 g/mol. The first-order valence-corrected chi connectivity index (χ1v) is 4.28. The average molecular weight is 178 g/mol. The molecule has 0 unspecified atom stereocenters. The van der Waals surface area contributed by atoms with Gasteiger partial charge in [-0.15, -0.1) is 0 Å². The highest BCUT2D eigenvalue weighted by molar-refractivity contribution is 5.28. The number of phenols is 1. The van der Waals surface area contributed by atoms with Crippen LogP contribution in [-0.4, -0.2) is 16.8 Å². The Morgan fingerprint density at radius 1 is 1.23 bits per heavy atom. The van der Waals surface area contributed by atoms with Crippen LogP contribution in [0.4, 0.5) is 0 Å². The molecule has 2 heteroatoms. The van der Waals surface area contributed by atoms with E-state index in [-0.39, 0.29) is 12.4 Å². The fourth-order valence-corrected chi connectivity index (χ4v) is 1.15. The van der Waals surface area contributed by atoms with Crippen molar-refractivity contribution in [2.24, 2.45) is 0 Å². The minimum absolute atomic E-state index is 0.150. The fourth-order valence-electron chi connectivity index (χ4n) is 1.15. The third kappa shape index (κ3) is 3.30. The van der Waals surface area contributed by atoms with Crippen molar-refractivity contribution in [3.63, 3.8) is 0 Å². The van der Waals surface area contributed by atoms with Crippen molar-refractivity contribution < 1.29 is 10.2 Å². The molecule has 1 aromatic carbocycles. The third-order valence-electron chi connectivity index (χ3n) is 1.86. The van der Waals surface area contributed by atoms with E-state index in [0.717, 1.165) is 17.6 Å². The minimum atomic E-state index is 0.150. The van der Waals surface area contributed by atoms with Gasteiger partial charge < -0.3 is 10.2 Å². The summed E-state index contributed by atoms with van der Waals surface area (Å²) in [6.45, 7) is 3.99. The van der Waals surface area contributed by atoms with Gasteiger partial charge in [0.25, 0.3) is 0 Å². The van der Waals surface area contributed by atoms with Gasteiger partial charge in [0.1, 0.15) is 5.75 Å². The number of rotatable bonds is 4. The number of hydrogen-bond donors (Lipinski definition) is 2. The van der Waals surface area contributed by atoms with Gasteiger partial charge in [0, 0.05) is 6.61 Å². The molecule has 13 heavy (non-hydrogen) atoms. The molecule has 70 valence electrons. The van der Waals surface area contributed by atoms with Gasteiger partial charge in [0.15, 0.2) is 0 Å². The molecule has 0 atom stereocenters. The Labute approximate surface area is 78.2 Å². The molecule has 0 amide bonds. The molecule has 0 radical (unpaired) electrons. The van der Waals surface area contributed by atoms with Gasteiger partial charge in [-0.2, -0.15) is 0 Å². The second kappa shape index (κ2) is 4.67. The van der Waals surface area contributed by atoms with Crippen LogP contribution in [0.15, 0.2) is 36.4 Å². The average Bonchev–Trinajstić information content (AvgIpc) is 2.09. The van der Waals surface area contributed by atoms with E-state index in [1.807, 2.05) is 12.1 Å². The summed E-state index contributed by atoms with van der Waals surface area (Å²) in [6, 6.07) is 7.03. The zero-order chi connectivity index (χ0) is 9.68. The van der Waals surface area contributed by atoms with Crippen LogP contribution in [0.25, 0.3) is 0 Å². The van der Waals surface area contributed by atoms with Gasteiger partial charge in [0.2, 0.25) is 0 Å². The molecule has 0 heterocycles. The maximum atomic E-state index is 9.03. The standard InChI is InChI=1S/C11H14O2/c1-9(6-7-12)8-10-2-4-11(13)5-3-10/h2-5,12-13H,1,6-8H2. The van der Waals surface area contributed by atoms with Gasteiger partial charge >= 0.3 is 0 Å². The molecule has 0 bridgehead atoms. The first-order valence-electron chi connectivity index (χ1n) is 4.28. The van der Waals surface area contributed by atoms with Crippen molar-refractivity contribution in [2.75, 3.05) is 6.61 Å². The molecule has 2 N–H and O–H groups in total. The van der Waals surface area contributed by atoms with Gasteiger partial charge in [-0.05, 0) is 30.5 Å². The van der Waals surface area contributed by atoms with Crippen molar-refractivity contribution >= 4 is 0 Å². The fraction of sp³-hybridized carbons (Fsp3) is 0.273. The van der Waals surface area contributed by atoms with Gasteiger partial charge in [-0.1, -0.05) is 24.3 Å². The summed E-state index contributed by atoms with van der Waals surface area (Å²) < 4.78 is 0. The second-order valence-corrected chi connectivity index (χ2v) is 3.07.